The van der Waals surface area contributed by atoms with Crippen molar-refractivity contribution in [2.75, 3.05) is 60.2 Å². The molecule has 0 aliphatic carbocycles. The summed E-state index contributed by atoms with van der Waals surface area (Å²) in [6.45, 7) is 12.8. The first-order chi connectivity index (χ1) is 36.1. The van der Waals surface area contributed by atoms with Crippen molar-refractivity contribution >= 4 is 114 Å². The highest BCUT2D eigenvalue weighted by Gasteiger charge is 2.22. The van der Waals surface area contributed by atoms with Crippen LogP contribution in [0.1, 0.15) is 52.7 Å². The fraction of sp³-hybridized carbons (Fsp3) is 0.207. The van der Waals surface area contributed by atoms with Crippen LogP contribution in [0.4, 0.5) is 43.7 Å². The van der Waals surface area contributed by atoms with Crippen molar-refractivity contribution in [2.24, 2.45) is 0 Å². The number of aromatic nitrogens is 2. The van der Waals surface area contributed by atoms with Gasteiger partial charge < -0.3 is 51.7 Å². The molecule has 8 N–H and O–H groups in total. The molecule has 0 bridgehead atoms. The lowest BCUT2D eigenvalue weighted by Crippen LogP contribution is -2.25. The number of amides is 4. The van der Waals surface area contributed by atoms with Crippen LogP contribution in [0.5, 0.6) is 23.3 Å². The molecule has 16 nitrogen and oxygen atoms in total. The zero-order valence-corrected chi connectivity index (χ0v) is 45.9. The molecular weight excluding hydrogens is 1040 g/mol. The topological polar surface area (TPSA) is 231 Å². The highest BCUT2D eigenvalue weighted by molar-refractivity contribution is 6.93. The minimum atomic E-state index is -0.889. The van der Waals surface area contributed by atoms with E-state index in [0.717, 1.165) is 60.8 Å². The lowest BCUT2D eigenvalue weighted by Gasteiger charge is -2.21. The van der Waals surface area contributed by atoms with Crippen molar-refractivity contribution in [1.29, 1.82) is 0 Å². The molecule has 0 atom stereocenters. The number of rotatable bonds is 6. The first-order valence-electron chi connectivity index (χ1n) is 23.8. The van der Waals surface area contributed by atoms with E-state index in [4.69, 9.17) is 35.2 Å². The molecule has 0 unspecified atom stereocenters. The van der Waals surface area contributed by atoms with Crippen molar-refractivity contribution < 1.29 is 38.1 Å². The van der Waals surface area contributed by atoms with Crippen molar-refractivity contribution in [3.05, 3.63) is 145 Å². The van der Waals surface area contributed by atoms with Crippen LogP contribution in [-0.2, 0) is 20.4 Å². The van der Waals surface area contributed by atoms with Crippen LogP contribution in [0.3, 0.4) is 0 Å². The van der Waals surface area contributed by atoms with Gasteiger partial charge in [-0.3, -0.25) is 14.4 Å². The second-order valence-electron chi connectivity index (χ2n) is 19.5. The van der Waals surface area contributed by atoms with Gasteiger partial charge in [0.2, 0.25) is 11.8 Å². The maximum atomic E-state index is 13.1. The number of nitrogens with one attached hydrogen (secondary N) is 4. The quantitative estimate of drug-likeness (QED) is 0.0674. The molecule has 0 radical (unpaired) electrons. The number of ether oxygens (including phenoxy) is 4. The third-order valence-electron chi connectivity index (χ3n) is 12.1. The average Bonchev–Trinajstić information content (AvgIpc) is 3.38. The zero-order chi connectivity index (χ0) is 54.9. The van der Waals surface area contributed by atoms with Gasteiger partial charge >= 0.3 is 10.7 Å². The number of hydrogen-bond acceptors (Lipinski definition) is 12. The zero-order valence-electron chi connectivity index (χ0n) is 43.6. The highest BCUT2D eigenvalue weighted by Crippen LogP contribution is 2.39. The molecule has 4 amide bonds. The average molecular weight is 1100 g/mol. The molecule has 10 rings (SSSR count). The van der Waals surface area contributed by atoms with Gasteiger partial charge in [0.15, 0.2) is 13.2 Å². The lowest BCUT2D eigenvalue weighted by molar-refractivity contribution is -0.119. The Bertz CT molecular complexity index is 3490. The number of hydrogen-bond donors (Lipinski definition) is 6. The summed E-state index contributed by atoms with van der Waals surface area (Å²) in [6, 6.07) is 38.4. The molecule has 2 aliphatic heterocycles. The summed E-state index contributed by atoms with van der Waals surface area (Å²) in [5, 5.41) is 15.3. The first kappa shape index (κ1) is 58.0. The highest BCUT2D eigenvalue weighted by atomic mass is 35.5. The number of urea groups is 1. The number of halogens is 3. The van der Waals surface area contributed by atoms with Crippen LogP contribution < -0.4 is 51.7 Å². The number of pyridine rings is 2. The van der Waals surface area contributed by atoms with Crippen LogP contribution in [0, 0.1) is 0 Å². The smallest absolute Gasteiger partial charge is 0.323 e. The number of benzene rings is 6. The predicted octanol–water partition coefficient (Wildman–Crippen LogP) is 13.6. The number of anilines is 6. The van der Waals surface area contributed by atoms with Crippen LogP contribution in [-0.4, -0.2) is 59.9 Å². The molecule has 0 fully saturated rings. The van der Waals surface area contributed by atoms with E-state index in [1.54, 1.807) is 26.6 Å². The van der Waals surface area contributed by atoms with E-state index in [1.807, 2.05) is 115 Å². The van der Waals surface area contributed by atoms with Crippen LogP contribution >= 0.6 is 35.6 Å². The van der Waals surface area contributed by atoms with E-state index in [9.17, 15) is 14.4 Å². The van der Waals surface area contributed by atoms with Gasteiger partial charge in [0, 0.05) is 40.0 Å². The maximum absolute atomic E-state index is 13.1. The lowest BCUT2D eigenvalue weighted by atomic mass is 9.87. The number of nitrogen functional groups attached to an aromatic ring is 2. The van der Waals surface area contributed by atoms with Gasteiger partial charge in [0.05, 0.1) is 31.3 Å². The van der Waals surface area contributed by atoms with E-state index in [0.29, 0.717) is 45.9 Å². The van der Waals surface area contributed by atoms with Crippen LogP contribution in [0.15, 0.2) is 134 Å². The van der Waals surface area contributed by atoms with Crippen molar-refractivity contribution in [1.82, 2.24) is 9.97 Å². The number of fused-ring (bicyclic) bond motifs is 4. The van der Waals surface area contributed by atoms with E-state index < -0.39 is 4.70 Å². The van der Waals surface area contributed by atoms with Gasteiger partial charge in [-0.05, 0) is 116 Å². The first-order valence-corrected chi connectivity index (χ1v) is 24.6. The van der Waals surface area contributed by atoms with Gasteiger partial charge in [-0.15, -0.1) is 12.4 Å². The minimum absolute atomic E-state index is 0. The van der Waals surface area contributed by atoms with E-state index in [2.05, 4.69) is 102 Å². The van der Waals surface area contributed by atoms with Gasteiger partial charge in [-0.25, -0.2) is 14.8 Å². The van der Waals surface area contributed by atoms with Gasteiger partial charge in [-0.2, -0.15) is 0 Å². The third-order valence-corrected chi connectivity index (χ3v) is 12.1. The Kier molecular flexibility index (Phi) is 18.8. The second-order valence-corrected chi connectivity index (χ2v) is 20.3. The summed E-state index contributed by atoms with van der Waals surface area (Å²) in [5.74, 6) is 1.78. The summed E-state index contributed by atoms with van der Waals surface area (Å²) < 4.78 is 20.3. The normalized spacial score (nSPS) is 12.2. The Balaban J connectivity index is 0.000000202. The molecule has 400 valence electrons. The Morgan fingerprint density at radius 2 is 1.01 bits per heavy atom. The molecule has 0 spiro atoms. The largest absolute Gasteiger partial charge is 0.495 e. The fourth-order valence-electron chi connectivity index (χ4n) is 8.23. The number of carbonyl (C=O) groups excluding carboxylic acids is 4. The number of nitrogens with zero attached hydrogens (tertiary/aromatic N) is 2. The van der Waals surface area contributed by atoms with Crippen LogP contribution in [0.25, 0.3) is 43.8 Å². The van der Waals surface area contributed by atoms with E-state index >= 15 is 0 Å². The number of carbonyl (C=O) groups is 4. The molecule has 8 aromatic rings. The third kappa shape index (κ3) is 14.5. The Labute approximate surface area is 462 Å². The van der Waals surface area contributed by atoms with Gasteiger partial charge in [0.1, 0.15) is 22.9 Å². The molecule has 19 heteroatoms. The summed E-state index contributed by atoms with van der Waals surface area (Å²) in [4.78, 5) is 53.9. The number of methoxy groups -OCH3 is 2. The monoisotopic (exact) mass is 1100 g/mol. The van der Waals surface area contributed by atoms with Crippen molar-refractivity contribution in [2.45, 2.75) is 52.4 Å². The standard InChI is InChI=1S/C29H28N4O4.C17H13N3O2.C11H17NO.CCl2O.ClH/c1-29(2,3)18-9-12-25(36-4)23(14-18)33-28(35)32-22-11-10-19(20-7-5-6-8-21(20)22)17-13-24-27(30-15-17)37-16-26(34)31-24;18-14-6-5-11(12-3-1-2-4-13(12)14)10-7-15-17(19-8-10)22-9-16(21)20-15;1-11(2,3)8-5-6-10(13-4)9(12)7-8;2-1(3)4;/h5-15H,16H2,1-4H3,(H,31,34)(H2,32,33,35);1-8H,9,18H2,(H,20,21);5-7H,12H2,1-4H3;;1H. The molecule has 77 heavy (non-hydrogen) atoms. The minimum Gasteiger partial charge on any atom is -0.495 e. The second kappa shape index (κ2) is 25.0. The summed E-state index contributed by atoms with van der Waals surface area (Å²) in [6.07, 6.45) is 3.46. The molecular formula is C58H59Cl3N8O8. The van der Waals surface area contributed by atoms with Crippen molar-refractivity contribution in [3.63, 3.8) is 0 Å². The maximum Gasteiger partial charge on any atom is 0.323 e. The Morgan fingerprint density at radius 3 is 1.51 bits per heavy atom. The fourth-order valence-corrected chi connectivity index (χ4v) is 8.23. The molecule has 2 aromatic heterocycles. The predicted molar refractivity (Wildman–Crippen MR) is 312 cm³/mol. The van der Waals surface area contributed by atoms with Gasteiger partial charge in [0.25, 0.3) is 11.8 Å². The molecule has 6 aromatic carbocycles. The molecule has 4 heterocycles. The van der Waals surface area contributed by atoms with Crippen LogP contribution in [0.2, 0.25) is 0 Å². The van der Waals surface area contributed by atoms with E-state index in [-0.39, 0.29) is 54.3 Å². The summed E-state index contributed by atoms with van der Waals surface area (Å²) in [5.41, 5.74) is 21.7. The Hall–Kier alpha value is -8.31. The number of nitrogens with two attached hydrogens (primary N) is 2. The van der Waals surface area contributed by atoms with Gasteiger partial charge in [-0.1, -0.05) is 114 Å². The summed E-state index contributed by atoms with van der Waals surface area (Å²) in [7, 11) is 3.21. The van der Waals surface area contributed by atoms with E-state index in [1.165, 1.54) is 5.56 Å². The molecule has 0 saturated heterocycles. The Morgan fingerprint density at radius 1 is 0.571 bits per heavy atom. The molecule has 2 aliphatic rings. The SMILES string of the molecule is COc1ccc(C(C)(C)C)cc1N.COc1ccc(C(C)(C)C)cc1NC(=O)Nc1ccc(-c2cnc3c(c2)NC(=O)CO3)c2ccccc12.Cl.Nc1ccc(-c2cnc3c(c2)NC(=O)CO3)c2ccccc12.O=C(Cl)Cl. The molecule has 0 saturated carbocycles. The summed E-state index contributed by atoms with van der Waals surface area (Å²) >= 11 is 8.80. The van der Waals surface area contributed by atoms with Crippen molar-refractivity contribution in [3.8, 4) is 45.5 Å².